The van der Waals surface area contributed by atoms with Crippen LogP contribution in [0.1, 0.15) is 55.8 Å². The minimum atomic E-state index is -0.928. The highest BCUT2D eigenvalue weighted by atomic mass is 16.2. The lowest BCUT2D eigenvalue weighted by Gasteiger charge is -2.43. The van der Waals surface area contributed by atoms with Gasteiger partial charge in [0.15, 0.2) is 0 Å². The molecule has 0 aliphatic carbocycles. The van der Waals surface area contributed by atoms with Gasteiger partial charge in [0.05, 0.1) is 0 Å². The van der Waals surface area contributed by atoms with Crippen LogP contribution in [0.2, 0.25) is 0 Å². The smallest absolute Gasteiger partial charge is 0.254 e. The molecule has 31 heavy (non-hydrogen) atoms. The van der Waals surface area contributed by atoms with E-state index in [4.69, 9.17) is 0 Å². The molecule has 6 heteroatoms. The zero-order valence-corrected chi connectivity index (χ0v) is 18.0. The largest absolute Gasteiger partial charge is 0.324 e. The molecule has 3 amide bonds. The first kappa shape index (κ1) is 21.1. The summed E-state index contributed by atoms with van der Waals surface area (Å²) in [6.45, 7) is 3.10. The summed E-state index contributed by atoms with van der Waals surface area (Å²) in [5.74, 6) is -0.196. The molecular weight excluding hydrogens is 390 g/mol. The summed E-state index contributed by atoms with van der Waals surface area (Å²) in [6, 6.07) is 16.5. The van der Waals surface area contributed by atoms with Gasteiger partial charge in [0.1, 0.15) is 5.54 Å². The molecule has 0 saturated carbocycles. The number of carbonyl (C=O) groups is 3. The van der Waals surface area contributed by atoms with Crippen LogP contribution in [0.5, 0.6) is 0 Å². The molecule has 2 aliphatic rings. The van der Waals surface area contributed by atoms with Crippen LogP contribution in [0.25, 0.3) is 0 Å². The van der Waals surface area contributed by atoms with Crippen LogP contribution in [0.15, 0.2) is 54.6 Å². The fourth-order valence-corrected chi connectivity index (χ4v) is 4.52. The molecule has 2 aromatic carbocycles. The Morgan fingerprint density at radius 2 is 1.71 bits per heavy atom. The van der Waals surface area contributed by atoms with Crippen molar-refractivity contribution in [3.63, 3.8) is 0 Å². The van der Waals surface area contributed by atoms with Crippen LogP contribution >= 0.6 is 0 Å². The third-order valence-corrected chi connectivity index (χ3v) is 6.39. The second-order valence-corrected chi connectivity index (χ2v) is 8.56. The van der Waals surface area contributed by atoms with E-state index in [9.17, 15) is 14.4 Å². The Hall–Kier alpha value is -3.15. The summed E-state index contributed by atoms with van der Waals surface area (Å²) in [5.41, 5.74) is 1.10. The van der Waals surface area contributed by atoms with Gasteiger partial charge < -0.3 is 15.1 Å². The fraction of sp³-hybridized carbons (Fsp3) is 0.400. The van der Waals surface area contributed by atoms with E-state index in [2.05, 4.69) is 5.32 Å². The quantitative estimate of drug-likeness (QED) is 0.806. The van der Waals surface area contributed by atoms with Gasteiger partial charge in [-0.2, -0.15) is 0 Å². The van der Waals surface area contributed by atoms with Crippen molar-refractivity contribution in [2.75, 3.05) is 23.3 Å². The van der Waals surface area contributed by atoms with E-state index >= 15 is 0 Å². The van der Waals surface area contributed by atoms with E-state index < -0.39 is 5.54 Å². The molecule has 1 N–H and O–H groups in total. The van der Waals surface area contributed by atoms with Crippen molar-refractivity contribution in [3.8, 4) is 0 Å². The Morgan fingerprint density at radius 3 is 2.48 bits per heavy atom. The van der Waals surface area contributed by atoms with Crippen LogP contribution < -0.4 is 10.2 Å². The number of benzene rings is 2. The molecule has 6 nitrogen and oxygen atoms in total. The lowest BCUT2D eigenvalue weighted by Crippen LogP contribution is -2.59. The first-order valence-electron chi connectivity index (χ1n) is 11.1. The standard InChI is InChI=1S/C25H29N3O3/c1-25(15-6-8-17-28(25)23(30)19-10-3-2-4-11-19)24(31)26-20-12-9-13-21(18-20)27-16-7-5-14-22(27)29/h2-4,9-13,18H,5-8,14-17H2,1H3,(H,26,31)/t25-/m1/s1. The van der Waals surface area contributed by atoms with Gasteiger partial charge in [-0.1, -0.05) is 24.3 Å². The van der Waals surface area contributed by atoms with Gasteiger partial charge in [0.2, 0.25) is 11.8 Å². The van der Waals surface area contributed by atoms with Crippen LogP contribution in [0, 0.1) is 0 Å². The molecule has 0 radical (unpaired) electrons. The topological polar surface area (TPSA) is 69.7 Å². The molecule has 2 fully saturated rings. The van der Waals surface area contributed by atoms with Crippen molar-refractivity contribution in [1.82, 2.24) is 4.90 Å². The molecule has 2 heterocycles. The molecular formula is C25H29N3O3. The van der Waals surface area contributed by atoms with Gasteiger partial charge in [-0.25, -0.2) is 0 Å². The van der Waals surface area contributed by atoms with Crippen molar-refractivity contribution in [2.45, 2.75) is 51.0 Å². The maximum atomic E-state index is 13.4. The van der Waals surface area contributed by atoms with Gasteiger partial charge in [-0.3, -0.25) is 14.4 Å². The van der Waals surface area contributed by atoms with Gasteiger partial charge in [-0.05, 0) is 69.4 Å². The number of likely N-dealkylation sites (tertiary alicyclic amines) is 1. The number of nitrogens with one attached hydrogen (secondary N) is 1. The Balaban J connectivity index is 1.54. The van der Waals surface area contributed by atoms with E-state index in [1.807, 2.05) is 49.4 Å². The molecule has 0 unspecified atom stereocenters. The number of piperidine rings is 2. The predicted molar refractivity (Wildman–Crippen MR) is 121 cm³/mol. The van der Waals surface area contributed by atoms with E-state index in [-0.39, 0.29) is 17.7 Å². The third-order valence-electron chi connectivity index (χ3n) is 6.39. The first-order chi connectivity index (χ1) is 15.0. The second kappa shape index (κ2) is 8.92. The SMILES string of the molecule is C[C@]1(C(=O)Nc2cccc(N3CCCCC3=O)c2)CCCCN1C(=O)c1ccccc1. The van der Waals surface area contributed by atoms with Crippen LogP contribution in [-0.2, 0) is 9.59 Å². The molecule has 1 atom stereocenters. The summed E-state index contributed by atoms with van der Waals surface area (Å²) in [7, 11) is 0. The van der Waals surface area contributed by atoms with E-state index in [1.54, 1.807) is 21.9 Å². The van der Waals surface area contributed by atoms with Crippen molar-refractivity contribution < 1.29 is 14.4 Å². The summed E-state index contributed by atoms with van der Waals surface area (Å²) in [4.78, 5) is 42.3. The lowest BCUT2D eigenvalue weighted by atomic mass is 9.86. The van der Waals surface area contributed by atoms with Gasteiger partial charge in [-0.15, -0.1) is 0 Å². The maximum absolute atomic E-state index is 13.4. The predicted octanol–water partition coefficient (Wildman–Crippen LogP) is 4.23. The first-order valence-corrected chi connectivity index (χ1v) is 11.1. The van der Waals surface area contributed by atoms with Crippen LogP contribution in [-0.4, -0.2) is 41.2 Å². The molecule has 0 bridgehead atoms. The van der Waals surface area contributed by atoms with Crippen molar-refractivity contribution in [1.29, 1.82) is 0 Å². The average Bonchev–Trinajstić information content (AvgIpc) is 2.80. The number of rotatable bonds is 4. The number of carbonyl (C=O) groups excluding carboxylic acids is 3. The maximum Gasteiger partial charge on any atom is 0.254 e. The Morgan fingerprint density at radius 1 is 0.935 bits per heavy atom. The molecule has 0 aromatic heterocycles. The highest BCUT2D eigenvalue weighted by molar-refractivity contribution is 6.04. The molecule has 162 valence electrons. The van der Waals surface area contributed by atoms with E-state index in [0.717, 1.165) is 31.4 Å². The van der Waals surface area contributed by atoms with Gasteiger partial charge >= 0.3 is 0 Å². The lowest BCUT2D eigenvalue weighted by molar-refractivity contribution is -0.127. The molecule has 2 aliphatic heterocycles. The van der Waals surface area contributed by atoms with Crippen molar-refractivity contribution >= 4 is 29.1 Å². The van der Waals surface area contributed by atoms with E-state index in [1.165, 1.54) is 0 Å². The number of amides is 3. The van der Waals surface area contributed by atoms with Crippen LogP contribution in [0.4, 0.5) is 11.4 Å². The normalized spacial score (nSPS) is 21.6. The van der Waals surface area contributed by atoms with Gasteiger partial charge in [0.25, 0.3) is 5.91 Å². The highest BCUT2D eigenvalue weighted by Gasteiger charge is 2.44. The summed E-state index contributed by atoms with van der Waals surface area (Å²) in [6.07, 6.45) is 4.86. The number of hydrogen-bond acceptors (Lipinski definition) is 3. The number of nitrogens with zero attached hydrogens (tertiary/aromatic N) is 2. The molecule has 4 rings (SSSR count). The third kappa shape index (κ3) is 4.33. The van der Waals surface area contributed by atoms with E-state index in [0.29, 0.717) is 37.2 Å². The fourth-order valence-electron chi connectivity index (χ4n) is 4.52. The Bertz CT molecular complexity index is 975. The van der Waals surface area contributed by atoms with Crippen molar-refractivity contribution in [2.24, 2.45) is 0 Å². The monoisotopic (exact) mass is 419 g/mol. The second-order valence-electron chi connectivity index (χ2n) is 8.56. The zero-order valence-electron chi connectivity index (χ0n) is 18.0. The van der Waals surface area contributed by atoms with Crippen LogP contribution in [0.3, 0.4) is 0 Å². The van der Waals surface area contributed by atoms with Crippen molar-refractivity contribution in [3.05, 3.63) is 60.2 Å². The highest BCUT2D eigenvalue weighted by Crippen LogP contribution is 2.32. The number of hydrogen-bond donors (Lipinski definition) is 1. The number of anilines is 2. The summed E-state index contributed by atoms with van der Waals surface area (Å²) < 4.78 is 0. The minimum absolute atomic E-state index is 0.119. The van der Waals surface area contributed by atoms with Gasteiger partial charge in [0, 0.05) is 36.4 Å². The summed E-state index contributed by atoms with van der Waals surface area (Å²) in [5, 5.41) is 3.01. The zero-order chi connectivity index (χ0) is 21.8. The average molecular weight is 420 g/mol. The molecule has 2 aromatic rings. The Labute approximate surface area is 183 Å². The molecule has 0 spiro atoms. The molecule has 2 saturated heterocycles. The summed E-state index contributed by atoms with van der Waals surface area (Å²) >= 11 is 0. The minimum Gasteiger partial charge on any atom is -0.324 e. The Kier molecular flexibility index (Phi) is 6.07.